The van der Waals surface area contributed by atoms with Crippen molar-refractivity contribution in [1.29, 1.82) is 0 Å². The van der Waals surface area contributed by atoms with Crippen LogP contribution in [0, 0.1) is 17.8 Å². The zero-order valence-corrected chi connectivity index (χ0v) is 9.49. The van der Waals surface area contributed by atoms with E-state index in [1.165, 1.54) is 6.42 Å². The highest BCUT2D eigenvalue weighted by molar-refractivity contribution is 5.92. The number of aryl methyl sites for hydroxylation is 1. The summed E-state index contributed by atoms with van der Waals surface area (Å²) in [5.74, 6) is 2.89. The molecule has 4 nitrogen and oxygen atoms in total. The summed E-state index contributed by atoms with van der Waals surface area (Å²) in [6, 6.07) is 0. The van der Waals surface area contributed by atoms with Crippen LogP contribution in [0.4, 0.5) is 5.82 Å². The molecule has 2 N–H and O–H groups in total. The summed E-state index contributed by atoms with van der Waals surface area (Å²) in [6.07, 6.45) is 6.20. The van der Waals surface area contributed by atoms with Crippen molar-refractivity contribution in [3.8, 4) is 0 Å². The van der Waals surface area contributed by atoms with E-state index in [1.807, 2.05) is 0 Å². The fourth-order valence-electron chi connectivity index (χ4n) is 2.84. The maximum absolute atomic E-state index is 12.0. The van der Waals surface area contributed by atoms with E-state index in [0.717, 1.165) is 42.5 Å². The molecule has 0 saturated heterocycles. The van der Waals surface area contributed by atoms with E-state index in [1.54, 1.807) is 6.20 Å². The Balaban J connectivity index is 1.63. The van der Waals surface area contributed by atoms with Crippen molar-refractivity contribution in [2.24, 2.45) is 17.8 Å². The topological polar surface area (TPSA) is 57.8 Å². The van der Waals surface area contributed by atoms with Crippen LogP contribution in [0.1, 0.15) is 31.7 Å². The number of fused-ring (bicyclic) bond motifs is 1. The number of anilines is 1. The number of aromatic amines is 1. The minimum absolute atomic E-state index is 0.172. The molecule has 2 aliphatic carbocycles. The van der Waals surface area contributed by atoms with Crippen LogP contribution >= 0.6 is 0 Å². The maximum atomic E-state index is 12.0. The molecule has 2 aliphatic rings. The molecule has 1 heterocycles. The van der Waals surface area contributed by atoms with Crippen LogP contribution in [0.5, 0.6) is 0 Å². The molecule has 0 aromatic carbocycles. The van der Waals surface area contributed by atoms with Gasteiger partial charge in [0.2, 0.25) is 5.91 Å². The van der Waals surface area contributed by atoms with Gasteiger partial charge in [0.05, 0.1) is 6.20 Å². The lowest BCUT2D eigenvalue weighted by Gasteiger charge is -2.11. The fourth-order valence-corrected chi connectivity index (χ4v) is 2.84. The highest BCUT2D eigenvalue weighted by Gasteiger charge is 2.48. The summed E-state index contributed by atoms with van der Waals surface area (Å²) in [5.41, 5.74) is 1.08. The molecule has 1 amide bonds. The molecule has 2 atom stereocenters. The average molecular weight is 219 g/mol. The molecule has 1 aromatic heterocycles. The van der Waals surface area contributed by atoms with E-state index < -0.39 is 0 Å². The van der Waals surface area contributed by atoms with Gasteiger partial charge < -0.3 is 5.32 Å². The minimum Gasteiger partial charge on any atom is -0.311 e. The highest BCUT2D eigenvalue weighted by Crippen LogP contribution is 2.54. The van der Waals surface area contributed by atoms with Gasteiger partial charge in [0, 0.05) is 11.5 Å². The Kier molecular flexibility index (Phi) is 2.23. The summed E-state index contributed by atoms with van der Waals surface area (Å²) >= 11 is 0. The third-order valence-corrected chi connectivity index (χ3v) is 3.96. The molecule has 0 spiro atoms. The molecule has 0 bridgehead atoms. The Morgan fingerprint density at radius 2 is 2.25 bits per heavy atom. The van der Waals surface area contributed by atoms with Crippen LogP contribution < -0.4 is 5.32 Å². The lowest BCUT2D eigenvalue weighted by molar-refractivity contribution is -0.120. The third kappa shape index (κ3) is 1.62. The van der Waals surface area contributed by atoms with E-state index in [-0.39, 0.29) is 11.8 Å². The zero-order chi connectivity index (χ0) is 11.1. The number of carbonyl (C=O) groups excluding carboxylic acids is 1. The molecule has 3 rings (SSSR count). The molecular formula is C12H17N3O. The second-order valence-electron chi connectivity index (χ2n) is 5.04. The largest absolute Gasteiger partial charge is 0.311 e. The smallest absolute Gasteiger partial charge is 0.228 e. The first-order chi connectivity index (χ1) is 7.78. The molecule has 0 aliphatic heterocycles. The lowest BCUT2D eigenvalue weighted by atomic mass is 10.0. The van der Waals surface area contributed by atoms with Crippen LogP contribution in [0.25, 0.3) is 0 Å². The van der Waals surface area contributed by atoms with Crippen molar-refractivity contribution in [3.63, 3.8) is 0 Å². The molecule has 1 aromatic rings. The van der Waals surface area contributed by atoms with Gasteiger partial charge in [0.1, 0.15) is 5.82 Å². The summed E-state index contributed by atoms with van der Waals surface area (Å²) < 4.78 is 0. The van der Waals surface area contributed by atoms with E-state index in [4.69, 9.17) is 0 Å². The van der Waals surface area contributed by atoms with E-state index in [9.17, 15) is 4.79 Å². The summed E-state index contributed by atoms with van der Waals surface area (Å²) in [5, 5.41) is 9.78. The van der Waals surface area contributed by atoms with Crippen LogP contribution in [0.2, 0.25) is 0 Å². The SMILES string of the molecule is CCc1cn[nH]c1NC(=O)C1CC2CC2C1. The summed E-state index contributed by atoms with van der Waals surface area (Å²) in [4.78, 5) is 12.0. The van der Waals surface area contributed by atoms with Crippen molar-refractivity contribution < 1.29 is 4.79 Å². The first-order valence-electron chi connectivity index (χ1n) is 6.11. The average Bonchev–Trinajstić information content (AvgIpc) is 2.75. The molecule has 2 unspecified atom stereocenters. The number of hydrogen-bond acceptors (Lipinski definition) is 2. The number of carbonyl (C=O) groups is 1. The van der Waals surface area contributed by atoms with Crippen LogP contribution in [0.3, 0.4) is 0 Å². The number of H-pyrrole nitrogens is 1. The van der Waals surface area contributed by atoms with Gasteiger partial charge >= 0.3 is 0 Å². The van der Waals surface area contributed by atoms with Gasteiger partial charge in [0.25, 0.3) is 0 Å². The highest BCUT2D eigenvalue weighted by atomic mass is 16.2. The Morgan fingerprint density at radius 1 is 1.50 bits per heavy atom. The standard InChI is InChI=1S/C12H17N3O/c1-2-7-6-13-15-11(7)14-12(16)10-4-8-3-9(8)5-10/h6,8-10H,2-5H2,1H3,(H2,13,14,15,16). The fraction of sp³-hybridized carbons (Fsp3) is 0.667. The van der Waals surface area contributed by atoms with Gasteiger partial charge in [0.15, 0.2) is 0 Å². The molecular weight excluding hydrogens is 202 g/mol. The monoisotopic (exact) mass is 219 g/mol. The lowest BCUT2D eigenvalue weighted by Crippen LogP contribution is -2.22. The number of aromatic nitrogens is 2. The van der Waals surface area contributed by atoms with Crippen molar-refractivity contribution in [2.75, 3.05) is 5.32 Å². The van der Waals surface area contributed by atoms with E-state index in [2.05, 4.69) is 22.4 Å². The predicted octanol–water partition coefficient (Wildman–Crippen LogP) is 1.96. The van der Waals surface area contributed by atoms with Crippen molar-refractivity contribution in [1.82, 2.24) is 10.2 Å². The number of rotatable bonds is 3. The van der Waals surface area contributed by atoms with Crippen molar-refractivity contribution in [2.45, 2.75) is 32.6 Å². The van der Waals surface area contributed by atoms with Gasteiger partial charge in [-0.05, 0) is 37.5 Å². The maximum Gasteiger partial charge on any atom is 0.228 e. The number of nitrogens with zero attached hydrogens (tertiary/aromatic N) is 1. The first kappa shape index (κ1) is 9.87. The predicted molar refractivity (Wildman–Crippen MR) is 60.9 cm³/mol. The molecule has 16 heavy (non-hydrogen) atoms. The molecule has 86 valence electrons. The van der Waals surface area contributed by atoms with E-state index >= 15 is 0 Å². The minimum atomic E-state index is 0.172. The van der Waals surface area contributed by atoms with Crippen molar-refractivity contribution >= 4 is 11.7 Å². The number of nitrogens with one attached hydrogen (secondary N) is 2. The van der Waals surface area contributed by atoms with Crippen LogP contribution in [-0.4, -0.2) is 16.1 Å². The summed E-state index contributed by atoms with van der Waals surface area (Å²) in [7, 11) is 0. The second-order valence-corrected chi connectivity index (χ2v) is 5.04. The summed E-state index contributed by atoms with van der Waals surface area (Å²) in [6.45, 7) is 2.06. The second kappa shape index (κ2) is 3.61. The Bertz CT molecular complexity index is 402. The molecule has 2 fully saturated rings. The molecule has 4 heteroatoms. The Labute approximate surface area is 94.8 Å². The van der Waals surface area contributed by atoms with E-state index in [0.29, 0.717) is 0 Å². The van der Waals surface area contributed by atoms with Crippen molar-refractivity contribution in [3.05, 3.63) is 11.8 Å². The van der Waals surface area contributed by atoms with Gasteiger partial charge in [-0.2, -0.15) is 5.10 Å². The molecule has 0 radical (unpaired) electrons. The van der Waals surface area contributed by atoms with Gasteiger partial charge in [-0.3, -0.25) is 9.89 Å². The zero-order valence-electron chi connectivity index (χ0n) is 9.49. The van der Waals surface area contributed by atoms with Crippen LogP contribution in [-0.2, 0) is 11.2 Å². The Morgan fingerprint density at radius 3 is 2.94 bits per heavy atom. The third-order valence-electron chi connectivity index (χ3n) is 3.96. The normalized spacial score (nSPS) is 31.2. The van der Waals surface area contributed by atoms with Crippen LogP contribution in [0.15, 0.2) is 6.20 Å². The number of hydrogen-bond donors (Lipinski definition) is 2. The Hall–Kier alpha value is -1.32. The van der Waals surface area contributed by atoms with Gasteiger partial charge in [-0.25, -0.2) is 0 Å². The quantitative estimate of drug-likeness (QED) is 0.816. The number of amides is 1. The molecule has 2 saturated carbocycles. The first-order valence-corrected chi connectivity index (χ1v) is 6.11. The van der Waals surface area contributed by atoms with Gasteiger partial charge in [-0.15, -0.1) is 0 Å². The van der Waals surface area contributed by atoms with Gasteiger partial charge in [-0.1, -0.05) is 6.92 Å².